The Morgan fingerprint density at radius 1 is 0.929 bits per heavy atom. The summed E-state index contributed by atoms with van der Waals surface area (Å²) in [6.45, 7) is 11.3. The second-order valence-corrected chi connectivity index (χ2v) is 6.34. The van der Waals surface area contributed by atoms with E-state index in [1.165, 1.54) is 0 Å². The number of hydrogen-bond donors (Lipinski definition) is 2. The maximum absolute atomic E-state index is 9.03. The summed E-state index contributed by atoms with van der Waals surface area (Å²) in [4.78, 5) is 0. The van der Waals surface area contributed by atoms with E-state index in [1.807, 2.05) is 0 Å². The summed E-state index contributed by atoms with van der Waals surface area (Å²) in [5, 5.41) is 18.1. The van der Waals surface area contributed by atoms with Crippen LogP contribution >= 0.6 is 0 Å². The largest absolute Gasteiger partial charge is 0.396 e. The highest BCUT2D eigenvalue weighted by atomic mass is 16.3. The molecule has 0 bridgehead atoms. The molecule has 86 valence electrons. The fourth-order valence-corrected chi connectivity index (χ4v) is 2.48. The third kappa shape index (κ3) is 6.39. The molecule has 0 amide bonds. The summed E-state index contributed by atoms with van der Waals surface area (Å²) >= 11 is 0. The molecule has 0 unspecified atom stereocenters. The molecular formula is C12H26O2. The van der Waals surface area contributed by atoms with Crippen molar-refractivity contribution in [3.05, 3.63) is 0 Å². The molecule has 2 N–H and O–H groups in total. The van der Waals surface area contributed by atoms with E-state index >= 15 is 0 Å². The van der Waals surface area contributed by atoms with Crippen molar-refractivity contribution in [3.63, 3.8) is 0 Å². The minimum atomic E-state index is 0.0346. The van der Waals surface area contributed by atoms with Crippen molar-refractivity contribution in [2.24, 2.45) is 16.7 Å². The van der Waals surface area contributed by atoms with Crippen LogP contribution in [0.4, 0.5) is 0 Å². The minimum absolute atomic E-state index is 0.0346. The van der Waals surface area contributed by atoms with Gasteiger partial charge in [-0.15, -0.1) is 0 Å². The Bertz CT molecular complexity index is 152. The summed E-state index contributed by atoms with van der Waals surface area (Å²) in [7, 11) is 0. The van der Waals surface area contributed by atoms with Crippen molar-refractivity contribution in [1.82, 2.24) is 0 Å². The van der Waals surface area contributed by atoms with Gasteiger partial charge in [-0.2, -0.15) is 0 Å². The average molecular weight is 202 g/mol. The Balaban J connectivity index is 4.18. The van der Waals surface area contributed by atoms with E-state index in [0.717, 1.165) is 12.8 Å². The zero-order chi connectivity index (χ0) is 11.4. The van der Waals surface area contributed by atoms with Crippen LogP contribution in [0.1, 0.15) is 47.5 Å². The van der Waals surface area contributed by atoms with E-state index in [0.29, 0.717) is 5.41 Å². The van der Waals surface area contributed by atoms with Crippen LogP contribution in [-0.2, 0) is 0 Å². The van der Waals surface area contributed by atoms with Crippen LogP contribution < -0.4 is 0 Å². The molecule has 0 atom stereocenters. The normalized spacial score (nSPS) is 13.7. The Morgan fingerprint density at radius 2 is 1.36 bits per heavy atom. The van der Waals surface area contributed by atoms with Crippen LogP contribution in [0.3, 0.4) is 0 Å². The van der Waals surface area contributed by atoms with Gasteiger partial charge in [0.1, 0.15) is 0 Å². The van der Waals surface area contributed by atoms with E-state index in [-0.39, 0.29) is 24.5 Å². The van der Waals surface area contributed by atoms with Crippen LogP contribution in [0.2, 0.25) is 0 Å². The Morgan fingerprint density at radius 3 is 1.64 bits per heavy atom. The maximum atomic E-state index is 9.03. The second-order valence-electron chi connectivity index (χ2n) is 6.34. The second kappa shape index (κ2) is 5.13. The fraction of sp³-hybridized carbons (Fsp3) is 1.00. The highest BCUT2D eigenvalue weighted by molar-refractivity contribution is 4.78. The van der Waals surface area contributed by atoms with Crippen molar-refractivity contribution in [1.29, 1.82) is 0 Å². The monoisotopic (exact) mass is 202 g/mol. The lowest BCUT2D eigenvalue weighted by molar-refractivity contribution is 0.0903. The number of hydrogen-bond acceptors (Lipinski definition) is 2. The van der Waals surface area contributed by atoms with Gasteiger partial charge in [0.15, 0.2) is 0 Å². The molecule has 0 aliphatic heterocycles. The van der Waals surface area contributed by atoms with Crippen molar-refractivity contribution in [3.8, 4) is 0 Å². The van der Waals surface area contributed by atoms with Crippen molar-refractivity contribution < 1.29 is 10.2 Å². The van der Waals surface area contributed by atoms with Crippen LogP contribution in [0.25, 0.3) is 0 Å². The van der Waals surface area contributed by atoms with Gasteiger partial charge in [0.25, 0.3) is 0 Å². The number of aliphatic hydroxyl groups excluding tert-OH is 2. The van der Waals surface area contributed by atoms with Gasteiger partial charge in [0, 0.05) is 19.1 Å². The van der Waals surface area contributed by atoms with E-state index in [9.17, 15) is 0 Å². The van der Waals surface area contributed by atoms with E-state index in [4.69, 9.17) is 10.2 Å². The Labute approximate surface area is 88.3 Å². The molecule has 0 rings (SSSR count). The van der Waals surface area contributed by atoms with E-state index < -0.39 is 0 Å². The lowest BCUT2D eigenvalue weighted by atomic mass is 9.72. The Kier molecular flexibility index (Phi) is 5.10. The van der Waals surface area contributed by atoms with Gasteiger partial charge in [0.2, 0.25) is 0 Å². The summed E-state index contributed by atoms with van der Waals surface area (Å²) in [5.74, 6) is 0.0346. The predicted molar refractivity (Wildman–Crippen MR) is 60.1 cm³/mol. The van der Waals surface area contributed by atoms with Gasteiger partial charge in [-0.3, -0.25) is 0 Å². The lowest BCUT2D eigenvalue weighted by Gasteiger charge is -2.34. The molecule has 0 radical (unpaired) electrons. The van der Waals surface area contributed by atoms with E-state index in [1.54, 1.807) is 0 Å². The zero-order valence-electron chi connectivity index (χ0n) is 10.3. The zero-order valence-corrected chi connectivity index (χ0v) is 10.3. The molecule has 0 aromatic rings. The van der Waals surface area contributed by atoms with Gasteiger partial charge in [-0.25, -0.2) is 0 Å². The molecule has 2 nitrogen and oxygen atoms in total. The first-order chi connectivity index (χ1) is 6.20. The van der Waals surface area contributed by atoms with Crippen molar-refractivity contribution in [2.45, 2.75) is 47.5 Å². The Hall–Kier alpha value is -0.0800. The van der Waals surface area contributed by atoms with Crippen LogP contribution in [0.15, 0.2) is 0 Å². The SMILES string of the molecule is CC(C)(C)CC(C)(C)CC(CO)CO. The summed E-state index contributed by atoms with van der Waals surface area (Å²) < 4.78 is 0. The molecule has 2 heteroatoms. The van der Waals surface area contributed by atoms with Crippen LogP contribution in [-0.4, -0.2) is 23.4 Å². The van der Waals surface area contributed by atoms with Crippen LogP contribution in [0, 0.1) is 16.7 Å². The number of rotatable bonds is 5. The number of aliphatic hydroxyl groups is 2. The highest BCUT2D eigenvalue weighted by Gasteiger charge is 2.27. The first-order valence-corrected chi connectivity index (χ1v) is 5.42. The average Bonchev–Trinajstić information content (AvgIpc) is 1.95. The summed E-state index contributed by atoms with van der Waals surface area (Å²) in [6.07, 6.45) is 1.99. The molecule has 0 aliphatic carbocycles. The molecule has 0 saturated carbocycles. The van der Waals surface area contributed by atoms with Gasteiger partial charge in [-0.1, -0.05) is 34.6 Å². The molecule has 14 heavy (non-hydrogen) atoms. The summed E-state index contributed by atoms with van der Waals surface area (Å²) in [6, 6.07) is 0. The minimum Gasteiger partial charge on any atom is -0.396 e. The molecule has 0 spiro atoms. The molecule has 0 aliphatic rings. The quantitative estimate of drug-likeness (QED) is 0.719. The standard InChI is InChI=1S/C12H26O2/c1-11(2,3)9-12(4,5)6-10(7-13)8-14/h10,13-14H,6-9H2,1-5H3. The first-order valence-electron chi connectivity index (χ1n) is 5.42. The molecule has 0 heterocycles. The van der Waals surface area contributed by atoms with E-state index in [2.05, 4.69) is 34.6 Å². The fourth-order valence-electron chi connectivity index (χ4n) is 2.48. The highest BCUT2D eigenvalue weighted by Crippen LogP contribution is 2.37. The van der Waals surface area contributed by atoms with Crippen molar-refractivity contribution >= 4 is 0 Å². The first kappa shape index (κ1) is 13.9. The molecule has 0 aromatic heterocycles. The predicted octanol–water partition coefficient (Wildman–Crippen LogP) is 2.44. The lowest BCUT2D eigenvalue weighted by Crippen LogP contribution is -2.26. The van der Waals surface area contributed by atoms with Crippen molar-refractivity contribution in [2.75, 3.05) is 13.2 Å². The van der Waals surface area contributed by atoms with Gasteiger partial charge >= 0.3 is 0 Å². The van der Waals surface area contributed by atoms with Crippen LogP contribution in [0.5, 0.6) is 0 Å². The van der Waals surface area contributed by atoms with Gasteiger partial charge < -0.3 is 10.2 Å². The molecule has 0 fully saturated rings. The van der Waals surface area contributed by atoms with Gasteiger partial charge in [0.05, 0.1) is 0 Å². The molecule has 0 saturated heterocycles. The maximum Gasteiger partial charge on any atom is 0.0481 e. The smallest absolute Gasteiger partial charge is 0.0481 e. The topological polar surface area (TPSA) is 40.5 Å². The van der Waals surface area contributed by atoms with Gasteiger partial charge in [-0.05, 0) is 23.7 Å². The third-order valence-corrected chi connectivity index (χ3v) is 2.37. The summed E-state index contributed by atoms with van der Waals surface area (Å²) in [5.41, 5.74) is 0.493. The molecular weight excluding hydrogens is 176 g/mol. The third-order valence-electron chi connectivity index (χ3n) is 2.37. The molecule has 0 aromatic carbocycles.